The number of carbonyl (C=O) groups is 3. The molecule has 8 atom stereocenters. The number of ether oxygens (including phenoxy) is 3. The van der Waals surface area contributed by atoms with Crippen LogP contribution in [0.15, 0.2) is 41.5 Å². The molecule has 244 valence electrons. The first-order chi connectivity index (χ1) is 20.3. The van der Waals surface area contributed by atoms with E-state index in [1.807, 2.05) is 44.2 Å². The molecule has 5 N–H and O–H groups in total. The molecule has 2 bridgehead atoms. The molecular formula is C34H49NO9. The molecule has 0 spiro atoms. The highest BCUT2D eigenvalue weighted by Gasteiger charge is 2.67. The third kappa shape index (κ3) is 6.32. The Kier molecular flexibility index (Phi) is 9.45. The molecular weight excluding hydrogens is 566 g/mol. The minimum atomic E-state index is -1.50. The molecule has 44 heavy (non-hydrogen) atoms. The third-order valence-corrected chi connectivity index (χ3v) is 10.4. The molecule has 1 aromatic rings. The van der Waals surface area contributed by atoms with Gasteiger partial charge >= 0.3 is 12.1 Å². The molecule has 1 aliphatic heterocycles. The number of Topliss-reactive ketones (excluding diaryl/α,β-unsaturated/α-hetero) is 1. The van der Waals surface area contributed by atoms with E-state index in [0.29, 0.717) is 30.6 Å². The van der Waals surface area contributed by atoms with E-state index in [1.165, 1.54) is 0 Å². The van der Waals surface area contributed by atoms with Crippen molar-refractivity contribution in [2.75, 3.05) is 6.61 Å². The molecule has 5 rings (SSSR count). The summed E-state index contributed by atoms with van der Waals surface area (Å²) < 4.78 is 16.1. The standard InChI is InChI=1S/C29H38O7.C5H11NO2/c1-16-21(36-23(31)11-10-17-8-6-5-7-9-17)14-29(34)13-19-18-15-35-20(18)12-22(30)28(19,4)26(33)25(32)24(16)27(29,2)3;1-5(2,3)8-4(6)7/h5-9,18-22,25,30,32,34H,10-15H2,1-4H3;1-3H3,(H2,6,7)/t18-,19?,20?,21-,22?,25?,28?,29-;/m0./s1. The lowest BCUT2D eigenvalue weighted by molar-refractivity contribution is -0.243. The summed E-state index contributed by atoms with van der Waals surface area (Å²) in [7, 11) is 0. The highest BCUT2D eigenvalue weighted by atomic mass is 16.6. The highest BCUT2D eigenvalue weighted by Crippen LogP contribution is 2.61. The Balaban J connectivity index is 0.000000488. The number of aryl methyl sites for hydroxylation is 1. The molecule has 1 saturated heterocycles. The Hall–Kier alpha value is -2.79. The minimum Gasteiger partial charge on any atom is -0.458 e. The van der Waals surface area contributed by atoms with Crippen LogP contribution in [0.3, 0.4) is 0 Å². The lowest BCUT2D eigenvalue weighted by Gasteiger charge is -2.62. The van der Waals surface area contributed by atoms with Gasteiger partial charge in [-0.3, -0.25) is 9.59 Å². The van der Waals surface area contributed by atoms with E-state index in [0.717, 1.165) is 5.56 Å². The van der Waals surface area contributed by atoms with Crippen LogP contribution in [0.2, 0.25) is 0 Å². The van der Waals surface area contributed by atoms with Crippen molar-refractivity contribution < 1.29 is 43.9 Å². The first-order valence-electron chi connectivity index (χ1n) is 15.5. The number of primary amides is 1. The number of nitrogens with two attached hydrogens (primary N) is 1. The molecule has 1 aromatic carbocycles. The Morgan fingerprint density at radius 3 is 2.25 bits per heavy atom. The Bertz CT molecular complexity index is 1290. The van der Waals surface area contributed by atoms with Crippen LogP contribution in [0.1, 0.15) is 79.7 Å². The zero-order chi connectivity index (χ0) is 32.8. The van der Waals surface area contributed by atoms with Crippen molar-refractivity contribution in [3.8, 4) is 0 Å². The van der Waals surface area contributed by atoms with Crippen LogP contribution in [0.4, 0.5) is 4.79 Å². The van der Waals surface area contributed by atoms with Crippen LogP contribution in [-0.2, 0) is 30.2 Å². The van der Waals surface area contributed by atoms with Crippen molar-refractivity contribution >= 4 is 17.8 Å². The fourth-order valence-electron chi connectivity index (χ4n) is 7.69. The van der Waals surface area contributed by atoms with Gasteiger partial charge in [0.1, 0.15) is 17.8 Å². The van der Waals surface area contributed by atoms with Gasteiger partial charge in [-0.1, -0.05) is 44.2 Å². The van der Waals surface area contributed by atoms with E-state index in [9.17, 15) is 29.7 Å². The number of aliphatic hydroxyl groups excluding tert-OH is 2. The van der Waals surface area contributed by atoms with E-state index in [-0.39, 0.29) is 43.2 Å². The lowest BCUT2D eigenvalue weighted by atomic mass is 9.47. The van der Waals surface area contributed by atoms with Crippen LogP contribution < -0.4 is 5.73 Å². The summed E-state index contributed by atoms with van der Waals surface area (Å²) in [5, 5.41) is 34.8. The lowest BCUT2D eigenvalue weighted by Crippen LogP contribution is -2.69. The number of hydrogen-bond donors (Lipinski definition) is 4. The summed E-state index contributed by atoms with van der Waals surface area (Å²) in [5.74, 6) is -1.14. The summed E-state index contributed by atoms with van der Waals surface area (Å²) >= 11 is 0. The summed E-state index contributed by atoms with van der Waals surface area (Å²) in [6.45, 7) is 13.0. The first kappa shape index (κ1) is 34.1. The number of ketones is 1. The van der Waals surface area contributed by atoms with Crippen molar-refractivity contribution in [1.82, 2.24) is 0 Å². The van der Waals surface area contributed by atoms with Gasteiger partial charge in [0, 0.05) is 30.6 Å². The highest BCUT2D eigenvalue weighted by molar-refractivity contribution is 5.93. The van der Waals surface area contributed by atoms with E-state index < -0.39 is 52.2 Å². The van der Waals surface area contributed by atoms with Crippen LogP contribution in [0.25, 0.3) is 0 Å². The average Bonchev–Trinajstić information content (AvgIpc) is 2.90. The normalized spacial score (nSPS) is 35.8. The second-order valence-electron chi connectivity index (χ2n) is 14.6. The number of fused-ring (bicyclic) bond motifs is 5. The molecule has 3 fully saturated rings. The second-order valence-corrected chi connectivity index (χ2v) is 14.6. The number of amides is 1. The first-order valence-corrected chi connectivity index (χ1v) is 15.5. The van der Waals surface area contributed by atoms with Gasteiger partial charge in [0.2, 0.25) is 0 Å². The van der Waals surface area contributed by atoms with E-state index in [2.05, 4.69) is 4.74 Å². The van der Waals surface area contributed by atoms with Crippen molar-refractivity contribution in [2.24, 2.45) is 28.4 Å². The minimum absolute atomic E-state index is 0.0230. The van der Waals surface area contributed by atoms with Gasteiger partial charge in [-0.15, -0.1) is 0 Å². The quantitative estimate of drug-likeness (QED) is 0.292. The molecule has 4 aliphatic rings. The SMILES string of the molecule is CC(C)(C)OC(N)=O.CC1=C2C(O)C(=O)C3(C)C(O)CC4OC[C@H]4C3C[C@](O)(C[C@@H]1OC(=O)CCc1ccccc1)C2(C)C. The van der Waals surface area contributed by atoms with Gasteiger partial charge in [0.25, 0.3) is 0 Å². The van der Waals surface area contributed by atoms with E-state index in [1.54, 1.807) is 34.6 Å². The van der Waals surface area contributed by atoms with Crippen molar-refractivity contribution in [3.05, 3.63) is 47.0 Å². The number of carbonyl (C=O) groups excluding carboxylic acids is 3. The van der Waals surface area contributed by atoms with Crippen LogP contribution in [-0.4, -0.2) is 75.4 Å². The molecule has 10 nitrogen and oxygen atoms in total. The molecule has 5 unspecified atom stereocenters. The van der Waals surface area contributed by atoms with Crippen LogP contribution in [0, 0.1) is 22.7 Å². The zero-order valence-corrected chi connectivity index (χ0v) is 27.0. The molecule has 0 radical (unpaired) electrons. The van der Waals surface area contributed by atoms with Gasteiger partial charge < -0.3 is 35.3 Å². The Labute approximate surface area is 259 Å². The maximum atomic E-state index is 13.9. The number of rotatable bonds is 4. The summed E-state index contributed by atoms with van der Waals surface area (Å²) in [6, 6.07) is 9.69. The largest absolute Gasteiger partial charge is 0.458 e. The Morgan fingerprint density at radius 1 is 1.09 bits per heavy atom. The Morgan fingerprint density at radius 2 is 1.73 bits per heavy atom. The van der Waals surface area contributed by atoms with Gasteiger partial charge in [-0.2, -0.15) is 0 Å². The third-order valence-electron chi connectivity index (χ3n) is 10.4. The zero-order valence-electron chi connectivity index (χ0n) is 27.0. The molecule has 2 saturated carbocycles. The average molecular weight is 616 g/mol. The molecule has 10 heteroatoms. The smallest absolute Gasteiger partial charge is 0.405 e. The molecule has 1 heterocycles. The van der Waals surface area contributed by atoms with Crippen molar-refractivity contribution in [3.63, 3.8) is 0 Å². The molecule has 0 aromatic heterocycles. The van der Waals surface area contributed by atoms with E-state index in [4.69, 9.17) is 15.2 Å². The molecule has 3 aliphatic carbocycles. The van der Waals surface area contributed by atoms with Crippen LogP contribution in [0.5, 0.6) is 0 Å². The fraction of sp³-hybridized carbons (Fsp3) is 0.676. The van der Waals surface area contributed by atoms with Crippen molar-refractivity contribution in [1.29, 1.82) is 0 Å². The number of benzene rings is 1. The van der Waals surface area contributed by atoms with Crippen molar-refractivity contribution in [2.45, 2.75) is 116 Å². The number of hydrogen-bond acceptors (Lipinski definition) is 9. The maximum Gasteiger partial charge on any atom is 0.405 e. The predicted octanol–water partition coefficient (Wildman–Crippen LogP) is 3.62. The van der Waals surface area contributed by atoms with Gasteiger partial charge in [0.15, 0.2) is 5.78 Å². The fourth-order valence-corrected chi connectivity index (χ4v) is 7.69. The predicted molar refractivity (Wildman–Crippen MR) is 162 cm³/mol. The summed E-state index contributed by atoms with van der Waals surface area (Å²) in [5.41, 5.74) is 2.84. The van der Waals surface area contributed by atoms with Crippen LogP contribution >= 0.6 is 0 Å². The molecule has 1 amide bonds. The topological polar surface area (TPSA) is 166 Å². The number of aliphatic hydroxyl groups is 3. The maximum absolute atomic E-state index is 13.9. The van der Waals surface area contributed by atoms with Gasteiger partial charge in [0.05, 0.1) is 29.8 Å². The van der Waals surface area contributed by atoms with E-state index >= 15 is 0 Å². The summed E-state index contributed by atoms with van der Waals surface area (Å²) in [6.07, 6.45) is -2.58. The van der Waals surface area contributed by atoms with Gasteiger partial charge in [-0.25, -0.2) is 4.79 Å². The summed E-state index contributed by atoms with van der Waals surface area (Å²) in [4.78, 5) is 36.7. The second kappa shape index (κ2) is 12.2. The van der Waals surface area contributed by atoms with Gasteiger partial charge in [-0.05, 0) is 70.1 Å². The number of esters is 1. The monoisotopic (exact) mass is 615 g/mol.